The molecule has 0 radical (unpaired) electrons. The van der Waals surface area contributed by atoms with Crippen LogP contribution in [0.2, 0.25) is 0 Å². The maximum Gasteiger partial charge on any atom is 0.165 e. The average molecular weight is 213 g/mol. The number of nitrogens with one attached hydrogen (secondary N) is 1. The molecule has 0 bridgehead atoms. The molecule has 0 fully saturated rings. The van der Waals surface area contributed by atoms with Crippen LogP contribution in [0.1, 0.15) is 17.3 Å². The van der Waals surface area contributed by atoms with Crippen LogP contribution >= 0.6 is 12.4 Å². The van der Waals surface area contributed by atoms with Crippen LogP contribution in [0.3, 0.4) is 0 Å². The summed E-state index contributed by atoms with van der Waals surface area (Å²) >= 11 is 0. The molecule has 2 N–H and O–H groups in total. The minimum absolute atomic E-state index is 0. The fourth-order valence-electron chi connectivity index (χ4n) is 1.34. The molecule has 1 heterocycles. The van der Waals surface area contributed by atoms with E-state index in [1.54, 1.807) is 6.07 Å². The Morgan fingerprint density at radius 2 is 2.21 bits per heavy atom. The number of nitrogens with zero attached hydrogens (tertiary/aromatic N) is 1. The number of imidazole rings is 1. The van der Waals surface area contributed by atoms with Gasteiger partial charge in [0.2, 0.25) is 0 Å². The molecule has 4 nitrogen and oxygen atoms in total. The van der Waals surface area contributed by atoms with E-state index in [-0.39, 0.29) is 29.5 Å². The van der Waals surface area contributed by atoms with Gasteiger partial charge in [-0.1, -0.05) is 0 Å². The normalized spacial score (nSPS) is 9.79. The summed E-state index contributed by atoms with van der Waals surface area (Å²) in [6.07, 6.45) is 1.50. The van der Waals surface area contributed by atoms with Crippen molar-refractivity contribution in [2.75, 3.05) is 0 Å². The second kappa shape index (κ2) is 3.67. The van der Waals surface area contributed by atoms with E-state index < -0.39 is 0 Å². The van der Waals surface area contributed by atoms with Crippen LogP contribution in [-0.4, -0.2) is 20.9 Å². The summed E-state index contributed by atoms with van der Waals surface area (Å²) in [6, 6.07) is 3.17. The number of hydrogen-bond acceptors (Lipinski definition) is 3. The summed E-state index contributed by atoms with van der Waals surface area (Å²) in [4.78, 5) is 18.0. The Balaban J connectivity index is 0.000000980. The van der Waals surface area contributed by atoms with Gasteiger partial charge in [-0.05, 0) is 19.1 Å². The largest absolute Gasteiger partial charge is 0.507 e. The van der Waals surface area contributed by atoms with Gasteiger partial charge < -0.3 is 10.1 Å². The van der Waals surface area contributed by atoms with Gasteiger partial charge in [-0.2, -0.15) is 0 Å². The second-order valence-corrected chi connectivity index (χ2v) is 2.81. The number of aromatic nitrogens is 2. The number of H-pyrrole nitrogens is 1. The van der Waals surface area contributed by atoms with Gasteiger partial charge >= 0.3 is 0 Å². The zero-order chi connectivity index (χ0) is 9.42. The molecule has 2 aromatic rings. The number of phenolic OH excluding ortho intramolecular Hbond substituents is 1. The summed E-state index contributed by atoms with van der Waals surface area (Å²) in [6.45, 7) is 1.41. The number of aromatic hydroxyl groups is 1. The second-order valence-electron chi connectivity index (χ2n) is 2.81. The Bertz CT molecular complexity index is 479. The molecule has 0 atom stereocenters. The van der Waals surface area contributed by atoms with E-state index in [0.717, 1.165) is 5.52 Å². The molecule has 0 aliphatic rings. The van der Waals surface area contributed by atoms with Gasteiger partial charge in [-0.15, -0.1) is 12.4 Å². The predicted octanol–water partition coefficient (Wildman–Crippen LogP) is 1.89. The molecular formula is C9H9ClN2O2. The maximum absolute atomic E-state index is 11.2. The van der Waals surface area contributed by atoms with Crippen molar-refractivity contribution in [3.8, 4) is 5.75 Å². The molecule has 0 saturated carbocycles. The van der Waals surface area contributed by atoms with Gasteiger partial charge in [-0.25, -0.2) is 4.98 Å². The van der Waals surface area contributed by atoms with Crippen molar-refractivity contribution in [1.29, 1.82) is 0 Å². The molecule has 1 aromatic heterocycles. The first-order chi connectivity index (χ1) is 6.20. The number of aromatic amines is 1. The molecule has 5 heteroatoms. The first kappa shape index (κ1) is 10.5. The minimum atomic E-state index is -0.185. The van der Waals surface area contributed by atoms with Gasteiger partial charge in [0.25, 0.3) is 0 Å². The van der Waals surface area contributed by atoms with E-state index >= 15 is 0 Å². The highest BCUT2D eigenvalue weighted by Gasteiger charge is 2.12. The van der Waals surface area contributed by atoms with E-state index in [0.29, 0.717) is 5.52 Å². The van der Waals surface area contributed by atoms with Crippen molar-refractivity contribution >= 4 is 29.2 Å². The van der Waals surface area contributed by atoms with Crippen LogP contribution in [0.5, 0.6) is 5.75 Å². The summed E-state index contributed by atoms with van der Waals surface area (Å²) in [5.74, 6) is -0.206. The lowest BCUT2D eigenvalue weighted by atomic mass is 10.1. The van der Waals surface area contributed by atoms with E-state index in [4.69, 9.17) is 0 Å². The van der Waals surface area contributed by atoms with Gasteiger partial charge in [-0.3, -0.25) is 4.79 Å². The summed E-state index contributed by atoms with van der Waals surface area (Å²) in [7, 11) is 0. The number of hydrogen-bond donors (Lipinski definition) is 2. The lowest BCUT2D eigenvalue weighted by Crippen LogP contribution is -1.94. The lowest BCUT2D eigenvalue weighted by molar-refractivity contribution is 0.101. The quantitative estimate of drug-likeness (QED) is 0.710. The standard InChI is InChI=1S/C9H8N2O2.ClH/c1-5(12)8-7(13)3-2-6-9(8)11-4-10-6;/h2-4,13H,1H3,(H,10,11);1H. The number of phenols is 1. The molecule has 0 aliphatic heterocycles. The van der Waals surface area contributed by atoms with Crippen LogP contribution in [0, 0.1) is 0 Å². The molecule has 0 spiro atoms. The van der Waals surface area contributed by atoms with Crippen LogP contribution in [0.4, 0.5) is 0 Å². The first-order valence-corrected chi connectivity index (χ1v) is 3.86. The number of Topliss-reactive ketones (excluding diaryl/α,β-unsaturated/α-hetero) is 1. The number of fused-ring (bicyclic) bond motifs is 1. The molecule has 74 valence electrons. The molecule has 1 aromatic carbocycles. The smallest absolute Gasteiger partial charge is 0.165 e. The Kier molecular flexibility index (Phi) is 2.76. The van der Waals surface area contributed by atoms with E-state index in [9.17, 15) is 9.90 Å². The molecule has 0 amide bonds. The van der Waals surface area contributed by atoms with Gasteiger partial charge in [0.05, 0.1) is 17.4 Å². The van der Waals surface area contributed by atoms with Crippen LogP contribution in [-0.2, 0) is 0 Å². The minimum Gasteiger partial charge on any atom is -0.507 e. The third-order valence-electron chi connectivity index (χ3n) is 1.92. The fraction of sp³-hybridized carbons (Fsp3) is 0.111. The van der Waals surface area contributed by atoms with E-state index in [2.05, 4.69) is 9.97 Å². The topological polar surface area (TPSA) is 66.0 Å². The number of carbonyl (C=O) groups is 1. The highest BCUT2D eigenvalue weighted by molar-refractivity contribution is 6.07. The molecule has 2 rings (SSSR count). The average Bonchev–Trinajstić information content (AvgIpc) is 2.50. The third kappa shape index (κ3) is 1.44. The number of rotatable bonds is 1. The molecule has 0 aliphatic carbocycles. The highest BCUT2D eigenvalue weighted by Crippen LogP contribution is 2.24. The molecule has 0 saturated heterocycles. The zero-order valence-corrected chi connectivity index (χ0v) is 8.26. The Labute approximate surface area is 86.4 Å². The number of halogens is 1. The van der Waals surface area contributed by atoms with Crippen molar-refractivity contribution in [1.82, 2.24) is 9.97 Å². The fourth-order valence-corrected chi connectivity index (χ4v) is 1.34. The number of ketones is 1. The van der Waals surface area contributed by atoms with Crippen molar-refractivity contribution in [3.05, 3.63) is 24.0 Å². The van der Waals surface area contributed by atoms with Crippen LogP contribution in [0.25, 0.3) is 11.0 Å². The predicted molar refractivity (Wildman–Crippen MR) is 55.0 cm³/mol. The third-order valence-corrected chi connectivity index (χ3v) is 1.92. The lowest BCUT2D eigenvalue weighted by Gasteiger charge is -1.99. The SMILES string of the molecule is CC(=O)c1c(O)ccc2[nH]cnc12.Cl. The maximum atomic E-state index is 11.2. The summed E-state index contributed by atoms with van der Waals surface area (Å²) in [5.41, 5.74) is 1.55. The van der Waals surface area contributed by atoms with Crippen molar-refractivity contribution in [2.45, 2.75) is 6.92 Å². The van der Waals surface area contributed by atoms with Crippen LogP contribution < -0.4 is 0 Å². The molecule has 0 unspecified atom stereocenters. The molecule has 14 heavy (non-hydrogen) atoms. The summed E-state index contributed by atoms with van der Waals surface area (Å²) < 4.78 is 0. The van der Waals surface area contributed by atoms with Gasteiger partial charge in [0.1, 0.15) is 11.3 Å². The van der Waals surface area contributed by atoms with E-state index in [1.165, 1.54) is 19.3 Å². The molecular weight excluding hydrogens is 204 g/mol. The Hall–Kier alpha value is -1.55. The summed E-state index contributed by atoms with van der Waals surface area (Å²) in [5, 5.41) is 9.42. The van der Waals surface area contributed by atoms with Crippen LogP contribution in [0.15, 0.2) is 18.5 Å². The number of benzene rings is 1. The number of carbonyl (C=O) groups excluding carboxylic acids is 1. The Morgan fingerprint density at radius 3 is 2.86 bits per heavy atom. The van der Waals surface area contributed by atoms with Crippen molar-refractivity contribution in [2.24, 2.45) is 0 Å². The first-order valence-electron chi connectivity index (χ1n) is 3.86. The monoisotopic (exact) mass is 212 g/mol. The van der Waals surface area contributed by atoms with Crippen molar-refractivity contribution in [3.63, 3.8) is 0 Å². The highest BCUT2D eigenvalue weighted by atomic mass is 35.5. The van der Waals surface area contributed by atoms with Gasteiger partial charge in [0, 0.05) is 0 Å². The van der Waals surface area contributed by atoms with E-state index in [1.807, 2.05) is 0 Å². The Morgan fingerprint density at radius 1 is 1.50 bits per heavy atom. The zero-order valence-electron chi connectivity index (χ0n) is 7.44. The van der Waals surface area contributed by atoms with Gasteiger partial charge in [0.15, 0.2) is 5.78 Å². The van der Waals surface area contributed by atoms with Crippen molar-refractivity contribution < 1.29 is 9.90 Å².